The van der Waals surface area contributed by atoms with Gasteiger partial charge in [0, 0.05) is 11.1 Å². The number of benzene rings is 2. The summed E-state index contributed by atoms with van der Waals surface area (Å²) < 4.78 is 1.19. The Bertz CT molecular complexity index is 675. The van der Waals surface area contributed by atoms with Gasteiger partial charge in [-0.2, -0.15) is 0 Å². The Morgan fingerprint density at radius 2 is 1.67 bits per heavy atom. The first-order chi connectivity index (χ1) is 11.2. The van der Waals surface area contributed by atoms with Crippen LogP contribution in [0.1, 0.15) is 56.2 Å². The highest BCUT2D eigenvalue weighted by atomic mass is 79.9. The van der Waals surface area contributed by atoms with Crippen molar-refractivity contribution in [3.8, 4) is 0 Å². The molecule has 3 heteroatoms. The topological polar surface area (TPSA) is 20.2 Å². The molecule has 0 spiro atoms. The Morgan fingerprint density at radius 3 is 2.29 bits per heavy atom. The number of halogens is 1. The van der Waals surface area contributed by atoms with Gasteiger partial charge in [0.25, 0.3) is 0 Å². The monoisotopic (exact) mass is 391 g/mol. The Morgan fingerprint density at radius 1 is 1.00 bits per heavy atom. The number of hydrogen-bond donors (Lipinski definition) is 1. The normalized spacial score (nSPS) is 15.3. The van der Waals surface area contributed by atoms with E-state index in [-0.39, 0.29) is 23.6 Å². The predicted molar refractivity (Wildman–Crippen MR) is 97.1 cm³/mol. The zero-order valence-electron chi connectivity index (χ0n) is 15.0. The number of fused-ring (bicyclic) bond motifs is 2. The minimum atomic E-state index is 0. The predicted octanol–water partition coefficient (Wildman–Crippen LogP) is 1.77. The molecule has 2 nitrogen and oxygen atoms in total. The van der Waals surface area contributed by atoms with Crippen molar-refractivity contribution in [2.45, 2.75) is 59.2 Å². The summed E-state index contributed by atoms with van der Waals surface area (Å²) in [5.41, 5.74) is 4.07. The van der Waals surface area contributed by atoms with Crippen LogP contribution in [0.25, 0.3) is 10.8 Å². The molecule has 0 atom stereocenters. The van der Waals surface area contributed by atoms with Crippen molar-refractivity contribution in [2.24, 2.45) is 0 Å². The molecule has 132 valence electrons. The second kappa shape index (κ2) is 8.46. The molecule has 0 amide bonds. The second-order valence-corrected chi connectivity index (χ2v) is 7.18. The van der Waals surface area contributed by atoms with E-state index in [1.54, 1.807) is 0 Å². The Kier molecular flexibility index (Phi) is 6.85. The molecule has 0 saturated carbocycles. The van der Waals surface area contributed by atoms with Crippen LogP contribution in [-0.4, -0.2) is 22.7 Å². The number of quaternary nitrogens is 1. The van der Waals surface area contributed by atoms with Crippen LogP contribution < -0.4 is 17.0 Å². The maximum atomic E-state index is 10.0. The SMILES string of the molecule is CCCC[N+]1(CCCC)Cc2cc3ccccc3c(CO)c2C1.[Br-]. The van der Waals surface area contributed by atoms with Gasteiger partial charge in [0.05, 0.1) is 19.7 Å². The molecule has 1 aliphatic heterocycles. The third-order valence-corrected chi connectivity index (χ3v) is 5.50. The minimum absolute atomic E-state index is 0. The van der Waals surface area contributed by atoms with Crippen LogP contribution in [0.2, 0.25) is 0 Å². The number of rotatable bonds is 7. The van der Waals surface area contributed by atoms with Crippen molar-refractivity contribution >= 4 is 10.8 Å². The quantitative estimate of drug-likeness (QED) is 0.713. The maximum absolute atomic E-state index is 10.0. The van der Waals surface area contributed by atoms with Crippen molar-refractivity contribution in [1.29, 1.82) is 0 Å². The zero-order chi connectivity index (χ0) is 16.3. The summed E-state index contributed by atoms with van der Waals surface area (Å²) in [5.74, 6) is 0. The lowest BCUT2D eigenvalue weighted by Gasteiger charge is -2.34. The molecular formula is C21H30BrNO. The molecule has 3 rings (SSSR count). The van der Waals surface area contributed by atoms with E-state index in [1.165, 1.54) is 70.7 Å². The first kappa shape index (κ1) is 19.4. The minimum Gasteiger partial charge on any atom is -1.00 e. The van der Waals surface area contributed by atoms with Gasteiger partial charge in [0.15, 0.2) is 0 Å². The van der Waals surface area contributed by atoms with Crippen molar-refractivity contribution in [2.75, 3.05) is 13.1 Å². The number of hydrogen-bond acceptors (Lipinski definition) is 1. The van der Waals surface area contributed by atoms with Gasteiger partial charge in [-0.1, -0.05) is 51.0 Å². The molecule has 1 aliphatic rings. The van der Waals surface area contributed by atoms with Crippen LogP contribution in [0.5, 0.6) is 0 Å². The first-order valence-corrected chi connectivity index (χ1v) is 9.21. The van der Waals surface area contributed by atoms with Crippen LogP contribution in [0.3, 0.4) is 0 Å². The van der Waals surface area contributed by atoms with E-state index in [0.29, 0.717) is 0 Å². The zero-order valence-corrected chi connectivity index (χ0v) is 16.6. The fourth-order valence-corrected chi connectivity index (χ4v) is 4.22. The lowest BCUT2D eigenvalue weighted by molar-refractivity contribution is -0.947. The second-order valence-electron chi connectivity index (χ2n) is 7.18. The van der Waals surface area contributed by atoms with Gasteiger partial charge in [0.1, 0.15) is 13.1 Å². The Hall–Kier alpha value is -0.900. The molecule has 0 unspecified atom stereocenters. The average molecular weight is 392 g/mol. The summed E-state index contributed by atoms with van der Waals surface area (Å²) in [6.45, 7) is 9.52. The van der Waals surface area contributed by atoms with Gasteiger partial charge in [-0.05, 0) is 35.2 Å². The Labute approximate surface area is 156 Å². The van der Waals surface area contributed by atoms with E-state index in [0.717, 1.165) is 13.1 Å². The third kappa shape index (κ3) is 3.68. The van der Waals surface area contributed by atoms with Crippen molar-refractivity contribution in [1.82, 2.24) is 0 Å². The molecule has 24 heavy (non-hydrogen) atoms. The highest BCUT2D eigenvalue weighted by molar-refractivity contribution is 5.87. The van der Waals surface area contributed by atoms with Crippen LogP contribution >= 0.6 is 0 Å². The standard InChI is InChI=1S/C21H30NO.BrH/c1-3-5-11-22(12-6-4-2)14-18-13-17-9-7-8-10-19(17)21(16-23)20(18)15-22;/h7-10,13,23H,3-6,11-12,14-16H2,1-2H3;1H/q+1;/p-1. The molecule has 0 radical (unpaired) electrons. The van der Waals surface area contributed by atoms with Gasteiger partial charge in [-0.15, -0.1) is 0 Å². The van der Waals surface area contributed by atoms with Crippen molar-refractivity contribution in [3.63, 3.8) is 0 Å². The van der Waals surface area contributed by atoms with Crippen molar-refractivity contribution < 1.29 is 26.6 Å². The third-order valence-electron chi connectivity index (χ3n) is 5.50. The number of nitrogens with zero attached hydrogens (tertiary/aromatic N) is 1. The lowest BCUT2D eigenvalue weighted by Crippen LogP contribution is -3.00. The molecule has 1 heterocycles. The summed E-state index contributed by atoms with van der Waals surface area (Å²) in [7, 11) is 0. The summed E-state index contributed by atoms with van der Waals surface area (Å²) in [6.07, 6.45) is 5.12. The molecular weight excluding hydrogens is 362 g/mol. The number of aliphatic hydroxyl groups excluding tert-OH is 1. The van der Waals surface area contributed by atoms with Gasteiger partial charge in [0.2, 0.25) is 0 Å². The van der Waals surface area contributed by atoms with E-state index in [9.17, 15) is 5.11 Å². The molecule has 0 aliphatic carbocycles. The maximum Gasteiger partial charge on any atom is 0.105 e. The van der Waals surface area contributed by atoms with Gasteiger partial charge in [-0.3, -0.25) is 0 Å². The fraction of sp³-hybridized carbons (Fsp3) is 0.524. The van der Waals surface area contributed by atoms with Gasteiger partial charge in [-0.25, -0.2) is 0 Å². The average Bonchev–Trinajstić information content (AvgIpc) is 2.94. The van der Waals surface area contributed by atoms with E-state index in [2.05, 4.69) is 44.2 Å². The van der Waals surface area contributed by atoms with E-state index in [4.69, 9.17) is 0 Å². The molecule has 0 saturated heterocycles. The Balaban J connectivity index is 0.00000208. The molecule has 1 N–H and O–H groups in total. The highest BCUT2D eigenvalue weighted by Crippen LogP contribution is 2.37. The summed E-state index contributed by atoms with van der Waals surface area (Å²) >= 11 is 0. The molecule has 2 aromatic carbocycles. The van der Waals surface area contributed by atoms with E-state index in [1.807, 2.05) is 0 Å². The van der Waals surface area contributed by atoms with Crippen LogP contribution in [0.15, 0.2) is 30.3 Å². The number of unbranched alkanes of at least 4 members (excludes halogenated alkanes) is 2. The first-order valence-electron chi connectivity index (χ1n) is 9.21. The van der Waals surface area contributed by atoms with Crippen LogP contribution in [-0.2, 0) is 19.7 Å². The highest BCUT2D eigenvalue weighted by Gasteiger charge is 2.36. The van der Waals surface area contributed by atoms with E-state index < -0.39 is 0 Å². The molecule has 2 aromatic rings. The van der Waals surface area contributed by atoms with Gasteiger partial charge < -0.3 is 26.6 Å². The lowest BCUT2D eigenvalue weighted by atomic mass is 9.96. The summed E-state index contributed by atoms with van der Waals surface area (Å²) in [5, 5.41) is 12.5. The fourth-order valence-electron chi connectivity index (χ4n) is 4.22. The molecule has 0 bridgehead atoms. The summed E-state index contributed by atoms with van der Waals surface area (Å²) in [6, 6.07) is 10.9. The van der Waals surface area contributed by atoms with Crippen LogP contribution in [0.4, 0.5) is 0 Å². The number of aliphatic hydroxyl groups is 1. The smallest absolute Gasteiger partial charge is 0.105 e. The van der Waals surface area contributed by atoms with E-state index >= 15 is 0 Å². The molecule has 0 fully saturated rings. The largest absolute Gasteiger partial charge is 1.00 e. The molecule has 0 aromatic heterocycles. The van der Waals surface area contributed by atoms with Crippen LogP contribution in [0, 0.1) is 0 Å². The summed E-state index contributed by atoms with van der Waals surface area (Å²) in [4.78, 5) is 0. The van der Waals surface area contributed by atoms with Gasteiger partial charge >= 0.3 is 0 Å². The van der Waals surface area contributed by atoms with Crippen molar-refractivity contribution in [3.05, 3.63) is 47.0 Å².